The summed E-state index contributed by atoms with van der Waals surface area (Å²) in [5, 5.41) is -0.841. The summed E-state index contributed by atoms with van der Waals surface area (Å²) in [5.41, 5.74) is 0.566. The fraction of sp³-hybridized carbons (Fsp3) is 0.462. The van der Waals surface area contributed by atoms with Crippen LogP contribution in [-0.4, -0.2) is 26.7 Å². The molecule has 1 aromatic heterocycles. The van der Waals surface area contributed by atoms with Crippen LogP contribution in [-0.2, 0) is 19.4 Å². The van der Waals surface area contributed by atoms with Gasteiger partial charge in [0.25, 0.3) is 0 Å². The number of sulfone groups is 1. The van der Waals surface area contributed by atoms with Crippen molar-refractivity contribution in [3.05, 3.63) is 36.3 Å². The van der Waals surface area contributed by atoms with E-state index in [4.69, 9.17) is 9.15 Å². The third-order valence-corrected chi connectivity index (χ3v) is 4.68. The number of carbonyl (C=O) groups is 1. The summed E-state index contributed by atoms with van der Waals surface area (Å²) in [7, 11) is -3.48. The fourth-order valence-corrected chi connectivity index (χ4v) is 3.15. The maximum atomic E-state index is 12.2. The molecule has 0 aliphatic rings. The number of esters is 1. The molecule has 0 saturated carbocycles. The van der Waals surface area contributed by atoms with Crippen molar-refractivity contribution >= 4 is 15.8 Å². The van der Waals surface area contributed by atoms with Gasteiger partial charge in [0.1, 0.15) is 17.6 Å². The smallest absolute Gasteiger partial charge is 0.305 e. The van der Waals surface area contributed by atoms with E-state index in [0.29, 0.717) is 11.3 Å². The maximum absolute atomic E-state index is 12.2. The van der Waals surface area contributed by atoms with Gasteiger partial charge in [-0.25, -0.2) is 8.42 Å². The molecule has 0 fully saturated rings. The lowest BCUT2D eigenvalue weighted by Crippen LogP contribution is -2.20. The van der Waals surface area contributed by atoms with Gasteiger partial charge in [-0.1, -0.05) is 13.0 Å². The van der Waals surface area contributed by atoms with Gasteiger partial charge in [-0.05, 0) is 13.0 Å². The molecule has 1 aromatic rings. The Morgan fingerprint density at radius 2 is 2.26 bits per heavy atom. The van der Waals surface area contributed by atoms with Crippen LogP contribution < -0.4 is 0 Å². The van der Waals surface area contributed by atoms with E-state index in [1.165, 1.54) is 12.3 Å². The number of furan rings is 1. The van der Waals surface area contributed by atoms with Gasteiger partial charge in [0, 0.05) is 12.0 Å². The molecule has 0 amide bonds. The number of carbonyl (C=O) groups excluding carboxylic acids is 1. The molecule has 0 N–H and O–H groups in total. The van der Waals surface area contributed by atoms with Gasteiger partial charge in [0.15, 0.2) is 9.84 Å². The normalized spacial score (nSPS) is 12.9. The molecule has 0 saturated heterocycles. The third-order valence-electron chi connectivity index (χ3n) is 2.73. The van der Waals surface area contributed by atoms with E-state index >= 15 is 0 Å². The molecule has 1 rings (SSSR count). The van der Waals surface area contributed by atoms with E-state index in [0.717, 1.165) is 0 Å². The van der Waals surface area contributed by atoms with Gasteiger partial charge in [-0.2, -0.15) is 0 Å². The van der Waals surface area contributed by atoms with Crippen LogP contribution in [0.3, 0.4) is 0 Å². The predicted octanol–water partition coefficient (Wildman–Crippen LogP) is 2.18. The molecule has 1 unspecified atom stereocenters. The van der Waals surface area contributed by atoms with E-state index < -0.39 is 21.1 Å². The Balaban J connectivity index is 2.77. The summed E-state index contributed by atoms with van der Waals surface area (Å²) in [6.07, 6.45) is 3.02. The van der Waals surface area contributed by atoms with Crippen LogP contribution in [0.2, 0.25) is 0 Å². The van der Waals surface area contributed by atoms with Crippen LogP contribution in [0.1, 0.15) is 29.9 Å². The predicted molar refractivity (Wildman–Crippen MR) is 71.4 cm³/mol. The van der Waals surface area contributed by atoms with Crippen molar-refractivity contribution in [1.29, 1.82) is 0 Å². The first-order valence-corrected chi connectivity index (χ1v) is 7.67. The molecule has 0 radical (unpaired) electrons. The lowest BCUT2D eigenvalue weighted by molar-refractivity contribution is -0.142. The summed E-state index contributed by atoms with van der Waals surface area (Å²) in [4.78, 5) is 11.0. The molecular weight excluding hydrogens is 268 g/mol. The number of aryl methyl sites for hydroxylation is 1. The van der Waals surface area contributed by atoms with Gasteiger partial charge >= 0.3 is 5.97 Å². The lowest BCUT2D eigenvalue weighted by Gasteiger charge is -2.13. The number of hydrogen-bond donors (Lipinski definition) is 0. The van der Waals surface area contributed by atoms with E-state index in [1.54, 1.807) is 19.9 Å². The quantitative estimate of drug-likeness (QED) is 0.567. The van der Waals surface area contributed by atoms with Crippen LogP contribution in [0.5, 0.6) is 0 Å². The van der Waals surface area contributed by atoms with E-state index in [2.05, 4.69) is 6.58 Å². The van der Waals surface area contributed by atoms with Crippen LogP contribution in [0.4, 0.5) is 0 Å². The maximum Gasteiger partial charge on any atom is 0.305 e. The van der Waals surface area contributed by atoms with Gasteiger partial charge in [0.2, 0.25) is 0 Å². The number of rotatable bonds is 7. The summed E-state index contributed by atoms with van der Waals surface area (Å²) >= 11 is 0. The Morgan fingerprint density at radius 3 is 2.74 bits per heavy atom. The highest BCUT2D eigenvalue weighted by molar-refractivity contribution is 7.91. The van der Waals surface area contributed by atoms with E-state index in [9.17, 15) is 13.2 Å². The molecule has 19 heavy (non-hydrogen) atoms. The fourth-order valence-electron chi connectivity index (χ4n) is 1.66. The van der Waals surface area contributed by atoms with E-state index in [1.807, 2.05) is 0 Å². The largest absolute Gasteiger partial charge is 0.469 e. The third kappa shape index (κ3) is 3.96. The first-order valence-electron chi connectivity index (χ1n) is 5.96. The van der Waals surface area contributed by atoms with Crippen LogP contribution in [0.15, 0.2) is 29.4 Å². The second kappa shape index (κ2) is 6.56. The minimum absolute atomic E-state index is 0.143. The zero-order chi connectivity index (χ0) is 14.5. The highest BCUT2D eigenvalue weighted by Gasteiger charge is 2.27. The van der Waals surface area contributed by atoms with Gasteiger partial charge in [-0.15, -0.1) is 6.58 Å². The molecule has 0 aromatic carbocycles. The molecule has 106 valence electrons. The molecule has 6 heteroatoms. The molecule has 5 nitrogen and oxygen atoms in total. The van der Waals surface area contributed by atoms with Crippen molar-refractivity contribution in [2.24, 2.45) is 0 Å². The average molecular weight is 286 g/mol. The SMILES string of the molecule is C=CC(c1ccoc1C)S(=O)(=O)CCOC(=O)CC. The monoisotopic (exact) mass is 286 g/mol. The topological polar surface area (TPSA) is 73.6 Å². The lowest BCUT2D eigenvalue weighted by atomic mass is 10.2. The van der Waals surface area contributed by atoms with Crippen LogP contribution in [0, 0.1) is 6.92 Å². The minimum atomic E-state index is -3.48. The molecular formula is C13H18O5S. The van der Waals surface area contributed by atoms with Crippen LogP contribution >= 0.6 is 0 Å². The Labute approximate surface area is 113 Å². The zero-order valence-corrected chi connectivity index (χ0v) is 11.9. The number of hydrogen-bond acceptors (Lipinski definition) is 5. The first-order chi connectivity index (χ1) is 8.92. The second-order valence-corrected chi connectivity index (χ2v) is 6.27. The van der Waals surface area contributed by atoms with Crippen molar-refractivity contribution in [1.82, 2.24) is 0 Å². The summed E-state index contributed by atoms with van der Waals surface area (Å²) in [6.45, 7) is 6.76. The molecule has 0 aliphatic carbocycles. The summed E-state index contributed by atoms with van der Waals surface area (Å²) < 4.78 is 34.3. The molecule has 0 aliphatic heterocycles. The highest BCUT2D eigenvalue weighted by atomic mass is 32.2. The Hall–Kier alpha value is -1.56. The summed E-state index contributed by atoms with van der Waals surface area (Å²) in [5.74, 6) is -0.107. The minimum Gasteiger partial charge on any atom is -0.469 e. The summed E-state index contributed by atoms with van der Waals surface area (Å²) in [6, 6.07) is 1.61. The van der Waals surface area contributed by atoms with Crippen molar-refractivity contribution in [3.63, 3.8) is 0 Å². The van der Waals surface area contributed by atoms with Crippen LogP contribution in [0.25, 0.3) is 0 Å². The van der Waals surface area contributed by atoms with E-state index in [-0.39, 0.29) is 18.8 Å². The zero-order valence-electron chi connectivity index (χ0n) is 11.1. The molecule has 0 bridgehead atoms. The van der Waals surface area contributed by atoms with Gasteiger partial charge < -0.3 is 9.15 Å². The van der Waals surface area contributed by atoms with Gasteiger partial charge in [-0.3, -0.25) is 4.79 Å². The number of ether oxygens (including phenoxy) is 1. The standard InChI is InChI=1S/C13H18O5S/c1-4-12(11-6-7-17-10(11)3)19(15,16)9-8-18-13(14)5-2/h4,6-7,12H,1,5,8-9H2,2-3H3. The molecule has 0 spiro atoms. The first kappa shape index (κ1) is 15.5. The Morgan fingerprint density at radius 1 is 1.58 bits per heavy atom. The second-order valence-electron chi connectivity index (χ2n) is 4.03. The molecule has 1 heterocycles. The van der Waals surface area contributed by atoms with Gasteiger partial charge in [0.05, 0.1) is 12.0 Å². The van der Waals surface area contributed by atoms with Crippen molar-refractivity contribution in [2.45, 2.75) is 25.5 Å². The van der Waals surface area contributed by atoms with Crippen molar-refractivity contribution in [2.75, 3.05) is 12.4 Å². The van der Waals surface area contributed by atoms with Crippen molar-refractivity contribution in [3.8, 4) is 0 Å². The van der Waals surface area contributed by atoms with Crippen molar-refractivity contribution < 1.29 is 22.4 Å². The Bertz CT molecular complexity index is 541. The molecule has 1 atom stereocenters. The highest BCUT2D eigenvalue weighted by Crippen LogP contribution is 2.27. The average Bonchev–Trinajstić information content (AvgIpc) is 2.76. The Kier molecular flexibility index (Phi) is 5.35.